The first-order valence-electron chi connectivity index (χ1n) is 6.11. The molecule has 0 spiro atoms. The minimum Gasteiger partial charge on any atom is -0.369 e. The molecular formula is C14H23N. The maximum atomic E-state index is 2.52. The van der Waals surface area contributed by atoms with Crippen molar-refractivity contribution in [3.8, 4) is 0 Å². The Balaban J connectivity index is 2.73. The molecule has 0 aromatic heterocycles. The van der Waals surface area contributed by atoms with E-state index in [1.165, 1.54) is 24.9 Å². The molecule has 1 rings (SSSR count). The average Bonchev–Trinajstić information content (AvgIpc) is 2.27. The van der Waals surface area contributed by atoms with Gasteiger partial charge in [-0.15, -0.1) is 0 Å². The van der Waals surface area contributed by atoms with E-state index in [0.29, 0.717) is 6.04 Å². The molecule has 1 atom stereocenters. The van der Waals surface area contributed by atoms with Crippen molar-refractivity contribution in [3.63, 3.8) is 0 Å². The summed E-state index contributed by atoms with van der Waals surface area (Å²) < 4.78 is 0. The quantitative estimate of drug-likeness (QED) is 0.676. The number of nitrogens with zero attached hydrogens (tertiary/aromatic N) is 1. The van der Waals surface area contributed by atoms with E-state index in [-0.39, 0.29) is 0 Å². The lowest BCUT2D eigenvalue weighted by Gasteiger charge is -2.31. The van der Waals surface area contributed by atoms with Crippen molar-refractivity contribution < 1.29 is 0 Å². The fourth-order valence-electron chi connectivity index (χ4n) is 2.04. The van der Waals surface area contributed by atoms with E-state index < -0.39 is 0 Å². The van der Waals surface area contributed by atoms with Gasteiger partial charge in [-0.1, -0.05) is 38.5 Å². The van der Waals surface area contributed by atoms with Gasteiger partial charge in [-0.05, 0) is 31.9 Å². The van der Waals surface area contributed by atoms with Crippen LogP contribution in [0, 0.1) is 0 Å². The zero-order valence-electron chi connectivity index (χ0n) is 10.2. The Hall–Kier alpha value is -0.980. The van der Waals surface area contributed by atoms with Gasteiger partial charge in [0, 0.05) is 18.3 Å². The number of benzene rings is 1. The predicted octanol–water partition coefficient (Wildman–Crippen LogP) is 4.09. The fraction of sp³-hybridized carbons (Fsp3) is 0.571. The van der Waals surface area contributed by atoms with Gasteiger partial charge in [0.2, 0.25) is 0 Å². The van der Waals surface area contributed by atoms with Crippen molar-refractivity contribution >= 4 is 5.69 Å². The number of anilines is 1. The smallest absolute Gasteiger partial charge is 0.0368 e. The molecule has 0 heterocycles. The third-order valence-electron chi connectivity index (χ3n) is 2.79. The molecule has 15 heavy (non-hydrogen) atoms. The van der Waals surface area contributed by atoms with Crippen molar-refractivity contribution in [2.75, 3.05) is 11.4 Å². The summed E-state index contributed by atoms with van der Waals surface area (Å²) in [5.41, 5.74) is 1.36. The minimum atomic E-state index is 0.650. The van der Waals surface area contributed by atoms with Crippen molar-refractivity contribution in [1.29, 1.82) is 0 Å². The number of hydrogen-bond donors (Lipinski definition) is 0. The molecule has 0 aliphatic carbocycles. The first kappa shape index (κ1) is 12.1. The van der Waals surface area contributed by atoms with Crippen LogP contribution in [0.25, 0.3) is 0 Å². The molecule has 0 amide bonds. The highest BCUT2D eigenvalue weighted by Crippen LogP contribution is 2.19. The summed E-state index contributed by atoms with van der Waals surface area (Å²) in [6.45, 7) is 7.98. The zero-order valence-corrected chi connectivity index (χ0v) is 10.2. The van der Waals surface area contributed by atoms with E-state index in [9.17, 15) is 0 Å². The van der Waals surface area contributed by atoms with Crippen LogP contribution in [0.5, 0.6) is 0 Å². The first-order valence-corrected chi connectivity index (χ1v) is 6.11. The molecule has 0 radical (unpaired) electrons. The summed E-state index contributed by atoms with van der Waals surface area (Å²) in [6, 6.07) is 11.4. The third kappa shape index (κ3) is 3.58. The minimum absolute atomic E-state index is 0.650. The molecule has 0 fully saturated rings. The van der Waals surface area contributed by atoms with Gasteiger partial charge in [0.05, 0.1) is 0 Å². The number of rotatable bonds is 6. The zero-order chi connectivity index (χ0) is 11.1. The van der Waals surface area contributed by atoms with E-state index in [4.69, 9.17) is 0 Å². The molecule has 0 N–H and O–H groups in total. The van der Waals surface area contributed by atoms with Crippen LogP contribution in [0.4, 0.5) is 5.69 Å². The molecule has 1 unspecified atom stereocenters. The first-order chi connectivity index (χ1) is 7.29. The molecule has 0 saturated heterocycles. The van der Waals surface area contributed by atoms with Crippen molar-refractivity contribution in [2.24, 2.45) is 0 Å². The summed E-state index contributed by atoms with van der Waals surface area (Å²) in [6.07, 6.45) is 3.74. The Kier molecular flexibility index (Phi) is 5.23. The second-order valence-corrected chi connectivity index (χ2v) is 4.17. The fourth-order valence-corrected chi connectivity index (χ4v) is 2.04. The van der Waals surface area contributed by atoms with Gasteiger partial charge in [0.25, 0.3) is 0 Å². The van der Waals surface area contributed by atoms with Gasteiger partial charge in [0.1, 0.15) is 0 Å². The second-order valence-electron chi connectivity index (χ2n) is 4.17. The molecule has 0 saturated carbocycles. The van der Waals surface area contributed by atoms with Gasteiger partial charge >= 0.3 is 0 Å². The van der Waals surface area contributed by atoms with Crippen LogP contribution in [-0.4, -0.2) is 12.6 Å². The van der Waals surface area contributed by atoms with Crippen molar-refractivity contribution in [1.82, 2.24) is 0 Å². The molecule has 1 nitrogen and oxygen atoms in total. The maximum absolute atomic E-state index is 2.52. The van der Waals surface area contributed by atoms with Gasteiger partial charge in [0.15, 0.2) is 0 Å². The average molecular weight is 205 g/mol. The van der Waals surface area contributed by atoms with Gasteiger partial charge in [-0.2, -0.15) is 0 Å². The molecule has 1 heteroatoms. The lowest BCUT2D eigenvalue weighted by atomic mass is 10.1. The van der Waals surface area contributed by atoms with Crippen LogP contribution in [-0.2, 0) is 0 Å². The Morgan fingerprint density at radius 3 is 2.27 bits per heavy atom. The summed E-state index contributed by atoms with van der Waals surface area (Å²) in [5.74, 6) is 0. The van der Waals surface area contributed by atoms with Crippen LogP contribution in [0.3, 0.4) is 0 Å². The highest BCUT2D eigenvalue weighted by Gasteiger charge is 2.11. The Morgan fingerprint density at radius 1 is 1.07 bits per heavy atom. The van der Waals surface area contributed by atoms with E-state index in [1.807, 2.05) is 0 Å². The Bertz CT molecular complexity index is 255. The second kappa shape index (κ2) is 6.49. The standard InChI is InChI=1S/C14H23N/c1-4-9-13(3)15(12-5-2)14-10-7-6-8-11-14/h6-8,10-11,13H,4-5,9,12H2,1-3H3. The number of hydrogen-bond acceptors (Lipinski definition) is 1. The van der Waals surface area contributed by atoms with E-state index >= 15 is 0 Å². The van der Waals surface area contributed by atoms with E-state index in [0.717, 1.165) is 6.54 Å². The van der Waals surface area contributed by atoms with Gasteiger partial charge < -0.3 is 4.90 Å². The van der Waals surface area contributed by atoms with Gasteiger partial charge in [-0.25, -0.2) is 0 Å². The lowest BCUT2D eigenvalue weighted by molar-refractivity contribution is 0.576. The van der Waals surface area contributed by atoms with Gasteiger partial charge in [-0.3, -0.25) is 0 Å². The van der Waals surface area contributed by atoms with Crippen molar-refractivity contribution in [2.45, 2.75) is 46.1 Å². The number of para-hydroxylation sites is 1. The highest BCUT2D eigenvalue weighted by molar-refractivity contribution is 5.46. The molecule has 84 valence electrons. The Morgan fingerprint density at radius 2 is 1.73 bits per heavy atom. The monoisotopic (exact) mass is 205 g/mol. The highest BCUT2D eigenvalue weighted by atomic mass is 15.2. The van der Waals surface area contributed by atoms with Crippen LogP contribution in [0.2, 0.25) is 0 Å². The predicted molar refractivity (Wildman–Crippen MR) is 68.4 cm³/mol. The topological polar surface area (TPSA) is 3.24 Å². The van der Waals surface area contributed by atoms with Crippen molar-refractivity contribution in [3.05, 3.63) is 30.3 Å². The summed E-state index contributed by atoms with van der Waals surface area (Å²) in [5, 5.41) is 0. The van der Waals surface area contributed by atoms with E-state index in [2.05, 4.69) is 56.0 Å². The third-order valence-corrected chi connectivity index (χ3v) is 2.79. The molecule has 1 aromatic carbocycles. The lowest BCUT2D eigenvalue weighted by Crippen LogP contribution is -2.33. The summed E-state index contributed by atoms with van der Waals surface area (Å²) in [4.78, 5) is 2.52. The SMILES string of the molecule is CCCC(C)N(CCC)c1ccccc1. The molecule has 0 aliphatic rings. The van der Waals surface area contributed by atoms with Crippen LogP contribution in [0.15, 0.2) is 30.3 Å². The Labute approximate surface area is 94.1 Å². The summed E-state index contributed by atoms with van der Waals surface area (Å²) in [7, 11) is 0. The summed E-state index contributed by atoms with van der Waals surface area (Å²) >= 11 is 0. The maximum Gasteiger partial charge on any atom is 0.0368 e. The normalized spacial score (nSPS) is 12.5. The largest absolute Gasteiger partial charge is 0.369 e. The van der Waals surface area contributed by atoms with Crippen LogP contribution < -0.4 is 4.90 Å². The van der Waals surface area contributed by atoms with Crippen LogP contribution in [0.1, 0.15) is 40.0 Å². The molecule has 0 bridgehead atoms. The van der Waals surface area contributed by atoms with Crippen LogP contribution >= 0.6 is 0 Å². The van der Waals surface area contributed by atoms with E-state index in [1.54, 1.807) is 0 Å². The molecule has 0 aliphatic heterocycles. The molecular weight excluding hydrogens is 182 g/mol. The molecule has 1 aromatic rings.